The van der Waals surface area contributed by atoms with E-state index in [0.29, 0.717) is 0 Å². The van der Waals surface area contributed by atoms with Gasteiger partial charge in [-0.25, -0.2) is 0 Å². The lowest BCUT2D eigenvalue weighted by Gasteiger charge is -2.16. The molecule has 1 amide bonds. The van der Waals surface area contributed by atoms with Crippen LogP contribution in [0.15, 0.2) is 54.9 Å². The highest BCUT2D eigenvalue weighted by Gasteiger charge is 2.10. The zero-order valence-corrected chi connectivity index (χ0v) is 12.4. The van der Waals surface area contributed by atoms with E-state index in [1.807, 2.05) is 12.1 Å². The number of benzene rings is 1. The molecule has 3 nitrogen and oxygen atoms in total. The summed E-state index contributed by atoms with van der Waals surface area (Å²) in [6.45, 7) is 4.12. The minimum atomic E-state index is -0.0914. The first-order chi connectivity index (χ1) is 10.2. The molecule has 1 atom stereocenters. The molecular weight excluding hydrogens is 260 g/mol. The third kappa shape index (κ3) is 4.56. The minimum Gasteiger partial charge on any atom is -0.346 e. The van der Waals surface area contributed by atoms with Crippen LogP contribution in [0.5, 0.6) is 0 Å². The van der Waals surface area contributed by atoms with Crippen LogP contribution in [-0.2, 0) is 4.79 Å². The van der Waals surface area contributed by atoms with Gasteiger partial charge < -0.3 is 5.32 Å². The third-order valence-electron chi connectivity index (χ3n) is 3.32. The molecule has 2 rings (SSSR count). The van der Waals surface area contributed by atoms with Gasteiger partial charge in [0.2, 0.25) is 5.91 Å². The zero-order chi connectivity index (χ0) is 15.1. The number of pyridine rings is 1. The van der Waals surface area contributed by atoms with Gasteiger partial charge in [-0.2, -0.15) is 0 Å². The Balaban J connectivity index is 2.00. The summed E-state index contributed by atoms with van der Waals surface area (Å²) in [4.78, 5) is 16.0. The van der Waals surface area contributed by atoms with Crippen LogP contribution in [0.4, 0.5) is 0 Å². The number of carbonyl (C=O) groups is 1. The molecule has 2 aromatic rings. The molecule has 0 saturated heterocycles. The van der Waals surface area contributed by atoms with Crippen molar-refractivity contribution in [2.45, 2.75) is 26.3 Å². The Morgan fingerprint density at radius 1 is 1.29 bits per heavy atom. The highest BCUT2D eigenvalue weighted by molar-refractivity contribution is 5.91. The fourth-order valence-electron chi connectivity index (χ4n) is 2.09. The van der Waals surface area contributed by atoms with Crippen molar-refractivity contribution in [2.75, 3.05) is 0 Å². The van der Waals surface area contributed by atoms with Crippen LogP contribution in [0.3, 0.4) is 0 Å². The number of aromatic nitrogens is 1. The molecule has 0 saturated carbocycles. The summed E-state index contributed by atoms with van der Waals surface area (Å²) in [6.07, 6.45) is 7.61. The second-order valence-corrected chi connectivity index (χ2v) is 5.00. The van der Waals surface area contributed by atoms with Gasteiger partial charge in [0.15, 0.2) is 0 Å². The van der Waals surface area contributed by atoms with Crippen molar-refractivity contribution in [1.82, 2.24) is 10.3 Å². The molecule has 0 aliphatic rings. The summed E-state index contributed by atoms with van der Waals surface area (Å²) >= 11 is 0. The Morgan fingerprint density at radius 3 is 2.67 bits per heavy atom. The second-order valence-electron chi connectivity index (χ2n) is 5.00. The van der Waals surface area contributed by atoms with Crippen molar-refractivity contribution in [2.24, 2.45) is 0 Å². The van der Waals surface area contributed by atoms with Crippen molar-refractivity contribution in [3.05, 3.63) is 71.6 Å². The maximum Gasteiger partial charge on any atom is 0.244 e. The largest absolute Gasteiger partial charge is 0.346 e. The molecule has 1 aromatic carbocycles. The van der Waals surface area contributed by atoms with Crippen LogP contribution in [0.1, 0.15) is 36.1 Å². The average molecular weight is 280 g/mol. The molecule has 0 bridgehead atoms. The average Bonchev–Trinajstić information content (AvgIpc) is 2.52. The monoisotopic (exact) mass is 280 g/mol. The van der Waals surface area contributed by atoms with Gasteiger partial charge in [-0.3, -0.25) is 9.78 Å². The number of hydrogen-bond acceptors (Lipinski definition) is 2. The van der Waals surface area contributed by atoms with Gasteiger partial charge in [-0.15, -0.1) is 0 Å². The quantitative estimate of drug-likeness (QED) is 0.849. The predicted octanol–water partition coefficient (Wildman–Crippen LogP) is 3.67. The lowest BCUT2D eigenvalue weighted by Crippen LogP contribution is -2.26. The van der Waals surface area contributed by atoms with Crippen molar-refractivity contribution in [3.63, 3.8) is 0 Å². The Kier molecular flexibility index (Phi) is 5.27. The maximum atomic E-state index is 12.0. The summed E-state index contributed by atoms with van der Waals surface area (Å²) in [6, 6.07) is 12.1. The first-order valence-electron chi connectivity index (χ1n) is 7.14. The van der Waals surface area contributed by atoms with Gasteiger partial charge in [0.1, 0.15) is 0 Å². The fraction of sp³-hybridized carbons (Fsp3) is 0.222. The molecule has 21 heavy (non-hydrogen) atoms. The molecule has 1 unspecified atom stereocenters. The number of nitrogens with zero attached hydrogens (tertiary/aromatic N) is 1. The van der Waals surface area contributed by atoms with Gasteiger partial charge in [-0.1, -0.05) is 42.8 Å². The summed E-state index contributed by atoms with van der Waals surface area (Å²) in [5.74, 6) is -0.0914. The molecule has 1 heterocycles. The van der Waals surface area contributed by atoms with E-state index < -0.39 is 0 Å². The highest BCUT2D eigenvalue weighted by Crippen LogP contribution is 2.17. The van der Waals surface area contributed by atoms with Gasteiger partial charge in [0, 0.05) is 18.5 Å². The van der Waals surface area contributed by atoms with Crippen LogP contribution >= 0.6 is 0 Å². The van der Waals surface area contributed by atoms with Crippen molar-refractivity contribution in [1.29, 1.82) is 0 Å². The van der Waals surface area contributed by atoms with E-state index in [2.05, 4.69) is 48.4 Å². The topological polar surface area (TPSA) is 42.0 Å². The van der Waals surface area contributed by atoms with Gasteiger partial charge in [0.05, 0.1) is 6.04 Å². The number of amides is 1. The standard InChI is InChI=1S/C18H20N2O/c1-3-17(16-9-6-14(2)7-10-16)20-18(21)11-8-15-5-4-12-19-13-15/h4-13,17H,3H2,1-2H3,(H,20,21)/b11-8+. The van der Waals surface area contributed by atoms with E-state index in [-0.39, 0.29) is 11.9 Å². The molecule has 1 aromatic heterocycles. The maximum absolute atomic E-state index is 12.0. The Bertz CT molecular complexity index is 603. The fourth-order valence-corrected chi connectivity index (χ4v) is 2.09. The molecule has 0 radical (unpaired) electrons. The van der Waals surface area contributed by atoms with E-state index in [4.69, 9.17) is 0 Å². The number of rotatable bonds is 5. The summed E-state index contributed by atoms with van der Waals surface area (Å²) < 4.78 is 0. The summed E-state index contributed by atoms with van der Waals surface area (Å²) in [5.41, 5.74) is 3.26. The van der Waals surface area contributed by atoms with E-state index >= 15 is 0 Å². The molecule has 3 heteroatoms. The molecule has 108 valence electrons. The lowest BCUT2D eigenvalue weighted by molar-refractivity contribution is -0.117. The van der Waals surface area contributed by atoms with Gasteiger partial charge >= 0.3 is 0 Å². The Labute approximate surface area is 125 Å². The number of carbonyl (C=O) groups excluding carboxylic acids is 1. The SMILES string of the molecule is CCC(NC(=O)/C=C/c1cccnc1)c1ccc(C)cc1. The zero-order valence-electron chi connectivity index (χ0n) is 12.4. The van der Waals surface area contributed by atoms with E-state index in [1.165, 1.54) is 5.56 Å². The number of nitrogens with one attached hydrogen (secondary N) is 1. The van der Waals surface area contributed by atoms with Gasteiger partial charge in [-0.05, 0) is 36.6 Å². The molecule has 0 aliphatic carbocycles. The van der Waals surface area contributed by atoms with Crippen LogP contribution in [-0.4, -0.2) is 10.9 Å². The highest BCUT2D eigenvalue weighted by atomic mass is 16.1. The molecule has 0 fully saturated rings. The van der Waals surface area contributed by atoms with E-state index in [0.717, 1.165) is 17.5 Å². The third-order valence-corrected chi connectivity index (χ3v) is 3.32. The number of hydrogen-bond donors (Lipinski definition) is 1. The Morgan fingerprint density at radius 2 is 2.05 bits per heavy atom. The smallest absolute Gasteiger partial charge is 0.244 e. The van der Waals surface area contributed by atoms with Crippen LogP contribution in [0.2, 0.25) is 0 Å². The normalized spacial score (nSPS) is 12.3. The van der Waals surface area contributed by atoms with Crippen molar-refractivity contribution < 1.29 is 4.79 Å². The van der Waals surface area contributed by atoms with E-state index in [1.54, 1.807) is 24.5 Å². The first-order valence-corrected chi connectivity index (χ1v) is 7.14. The molecule has 0 spiro atoms. The summed E-state index contributed by atoms with van der Waals surface area (Å²) in [7, 11) is 0. The van der Waals surface area contributed by atoms with Crippen LogP contribution < -0.4 is 5.32 Å². The molecule has 1 N–H and O–H groups in total. The summed E-state index contributed by atoms with van der Waals surface area (Å²) in [5, 5.41) is 3.03. The van der Waals surface area contributed by atoms with Crippen LogP contribution in [0, 0.1) is 6.92 Å². The van der Waals surface area contributed by atoms with Crippen LogP contribution in [0.25, 0.3) is 6.08 Å². The molecular formula is C18H20N2O. The number of aryl methyl sites for hydroxylation is 1. The van der Waals surface area contributed by atoms with E-state index in [9.17, 15) is 4.79 Å². The first kappa shape index (κ1) is 15.0. The lowest BCUT2D eigenvalue weighted by atomic mass is 10.0. The van der Waals surface area contributed by atoms with Gasteiger partial charge in [0.25, 0.3) is 0 Å². The second kappa shape index (κ2) is 7.39. The Hall–Kier alpha value is -2.42. The predicted molar refractivity (Wildman–Crippen MR) is 85.6 cm³/mol. The van der Waals surface area contributed by atoms with Crippen molar-refractivity contribution in [3.8, 4) is 0 Å². The molecule has 0 aliphatic heterocycles. The van der Waals surface area contributed by atoms with Crippen molar-refractivity contribution >= 4 is 12.0 Å². The minimum absolute atomic E-state index is 0.0386.